The van der Waals surface area contributed by atoms with Crippen LogP contribution in [-0.4, -0.2) is 50.4 Å². The lowest BCUT2D eigenvalue weighted by atomic mass is 9.58. The number of amides is 1. The number of carbonyl (C=O) groups is 1. The normalized spacial score (nSPS) is 19.2. The number of anilines is 1. The Morgan fingerprint density at radius 2 is 1.82 bits per heavy atom. The standard InChI is InChI=1S/C22H35N3O3/c1-21(2,3)28-20(26)25-12-10-22(11-13-25)14-17(15-22)16-27-19-8-6-18(7-9-19)24(5)23-4/h6-9,17,23H,10-16H2,1-5H3. The molecule has 0 aromatic heterocycles. The average Bonchev–Trinajstić information content (AvgIpc) is 2.63. The minimum absolute atomic E-state index is 0.172. The molecule has 156 valence electrons. The van der Waals surface area contributed by atoms with E-state index in [1.165, 1.54) is 12.8 Å². The van der Waals surface area contributed by atoms with Gasteiger partial charge in [0, 0.05) is 27.2 Å². The van der Waals surface area contributed by atoms with Crippen LogP contribution < -0.4 is 15.2 Å². The summed E-state index contributed by atoms with van der Waals surface area (Å²) in [4.78, 5) is 14.1. The van der Waals surface area contributed by atoms with Gasteiger partial charge in [-0.3, -0.25) is 0 Å². The summed E-state index contributed by atoms with van der Waals surface area (Å²) in [6.45, 7) is 8.14. The number of benzene rings is 1. The average molecular weight is 390 g/mol. The van der Waals surface area contributed by atoms with Crippen molar-refractivity contribution in [1.82, 2.24) is 10.3 Å². The Kier molecular flexibility index (Phi) is 6.08. The molecular weight excluding hydrogens is 354 g/mol. The van der Waals surface area contributed by atoms with Crippen LogP contribution in [0.3, 0.4) is 0 Å². The molecule has 1 aliphatic heterocycles. The summed E-state index contributed by atoms with van der Waals surface area (Å²) in [5.74, 6) is 1.54. The number of hydrogen-bond donors (Lipinski definition) is 1. The van der Waals surface area contributed by atoms with Crippen molar-refractivity contribution in [2.75, 3.05) is 38.8 Å². The molecule has 1 saturated carbocycles. The van der Waals surface area contributed by atoms with Crippen molar-refractivity contribution in [3.8, 4) is 5.75 Å². The topological polar surface area (TPSA) is 54.0 Å². The van der Waals surface area contributed by atoms with Gasteiger partial charge in [0.25, 0.3) is 0 Å². The second kappa shape index (κ2) is 8.19. The molecule has 1 aromatic rings. The van der Waals surface area contributed by atoms with E-state index in [-0.39, 0.29) is 6.09 Å². The predicted molar refractivity (Wildman–Crippen MR) is 112 cm³/mol. The molecule has 1 aliphatic carbocycles. The third-order valence-electron chi connectivity index (χ3n) is 5.96. The lowest BCUT2D eigenvalue weighted by molar-refractivity contribution is -0.0380. The van der Waals surface area contributed by atoms with Crippen LogP contribution in [0, 0.1) is 11.3 Å². The van der Waals surface area contributed by atoms with Crippen molar-refractivity contribution < 1.29 is 14.3 Å². The largest absolute Gasteiger partial charge is 0.493 e. The number of piperidine rings is 1. The van der Waals surface area contributed by atoms with Crippen molar-refractivity contribution in [3.05, 3.63) is 24.3 Å². The molecule has 1 saturated heterocycles. The van der Waals surface area contributed by atoms with Gasteiger partial charge >= 0.3 is 6.09 Å². The second-order valence-corrected chi connectivity index (χ2v) is 9.33. The highest BCUT2D eigenvalue weighted by Gasteiger charge is 2.46. The van der Waals surface area contributed by atoms with Gasteiger partial charge in [0.2, 0.25) is 0 Å². The summed E-state index contributed by atoms with van der Waals surface area (Å²) in [5, 5.41) is 1.96. The molecule has 1 spiro atoms. The van der Waals surface area contributed by atoms with Crippen molar-refractivity contribution in [2.45, 2.75) is 52.1 Å². The highest BCUT2D eigenvalue weighted by Crippen LogP contribution is 2.52. The van der Waals surface area contributed by atoms with Gasteiger partial charge in [0.1, 0.15) is 11.4 Å². The summed E-state index contributed by atoms with van der Waals surface area (Å²) >= 11 is 0. The molecule has 28 heavy (non-hydrogen) atoms. The van der Waals surface area contributed by atoms with Crippen LogP contribution in [0.4, 0.5) is 10.5 Å². The molecule has 2 aliphatic rings. The molecule has 1 amide bonds. The first-order valence-electron chi connectivity index (χ1n) is 10.3. The van der Waals surface area contributed by atoms with Crippen LogP contribution in [0.2, 0.25) is 0 Å². The molecule has 1 N–H and O–H groups in total. The number of likely N-dealkylation sites (tertiary alicyclic amines) is 1. The van der Waals surface area contributed by atoms with Crippen molar-refractivity contribution in [3.63, 3.8) is 0 Å². The number of hydrogen-bond acceptors (Lipinski definition) is 5. The highest BCUT2D eigenvalue weighted by atomic mass is 16.6. The van der Waals surface area contributed by atoms with Gasteiger partial charge in [-0.05, 0) is 82.1 Å². The number of rotatable bonds is 5. The highest BCUT2D eigenvalue weighted by molar-refractivity contribution is 5.68. The van der Waals surface area contributed by atoms with E-state index in [0.717, 1.165) is 44.0 Å². The minimum atomic E-state index is -0.425. The number of nitrogens with zero attached hydrogens (tertiary/aromatic N) is 2. The summed E-state index contributed by atoms with van der Waals surface area (Å²) in [7, 11) is 3.88. The molecular formula is C22H35N3O3. The first-order chi connectivity index (χ1) is 13.2. The third-order valence-corrected chi connectivity index (χ3v) is 5.96. The van der Waals surface area contributed by atoms with Crippen molar-refractivity contribution in [1.29, 1.82) is 0 Å². The summed E-state index contributed by atoms with van der Waals surface area (Å²) in [6.07, 6.45) is 4.39. The van der Waals surface area contributed by atoms with E-state index in [1.807, 2.05) is 56.9 Å². The molecule has 0 bridgehead atoms. The zero-order chi connectivity index (χ0) is 20.4. The van der Waals surface area contributed by atoms with Crippen molar-refractivity contribution >= 4 is 11.8 Å². The number of ether oxygens (including phenoxy) is 2. The zero-order valence-corrected chi connectivity index (χ0v) is 18.0. The van der Waals surface area contributed by atoms with E-state index < -0.39 is 5.60 Å². The minimum Gasteiger partial charge on any atom is -0.493 e. The van der Waals surface area contributed by atoms with Crippen LogP contribution in [-0.2, 0) is 4.74 Å². The van der Waals surface area contributed by atoms with Gasteiger partial charge in [0.05, 0.1) is 12.3 Å². The number of carbonyl (C=O) groups excluding carboxylic acids is 1. The van der Waals surface area contributed by atoms with Gasteiger partial charge in [-0.25, -0.2) is 10.2 Å². The first kappa shape index (κ1) is 20.8. The fraction of sp³-hybridized carbons (Fsp3) is 0.682. The predicted octanol–water partition coefficient (Wildman–Crippen LogP) is 4.06. The maximum atomic E-state index is 12.2. The van der Waals surface area contributed by atoms with Crippen LogP contribution in [0.15, 0.2) is 24.3 Å². The van der Waals surface area contributed by atoms with Crippen LogP contribution in [0.5, 0.6) is 5.75 Å². The quantitative estimate of drug-likeness (QED) is 0.770. The Bertz CT molecular complexity index is 653. The van der Waals surface area contributed by atoms with E-state index >= 15 is 0 Å². The van der Waals surface area contributed by atoms with Gasteiger partial charge in [0.15, 0.2) is 0 Å². The van der Waals surface area contributed by atoms with E-state index in [1.54, 1.807) is 0 Å². The molecule has 0 unspecified atom stereocenters. The molecule has 0 radical (unpaired) electrons. The van der Waals surface area contributed by atoms with E-state index in [9.17, 15) is 4.79 Å². The maximum Gasteiger partial charge on any atom is 0.410 e. The van der Waals surface area contributed by atoms with Crippen LogP contribution >= 0.6 is 0 Å². The fourth-order valence-electron chi connectivity index (χ4n) is 4.29. The zero-order valence-electron chi connectivity index (χ0n) is 18.0. The Balaban J connectivity index is 1.39. The van der Waals surface area contributed by atoms with Crippen molar-refractivity contribution in [2.24, 2.45) is 11.3 Å². The lowest BCUT2D eigenvalue weighted by Crippen LogP contribution is -2.50. The van der Waals surface area contributed by atoms with Gasteiger partial charge < -0.3 is 19.4 Å². The molecule has 1 heterocycles. The molecule has 1 aromatic carbocycles. The summed E-state index contributed by atoms with van der Waals surface area (Å²) in [6, 6.07) is 8.16. The van der Waals surface area contributed by atoms with E-state index in [4.69, 9.17) is 9.47 Å². The third kappa shape index (κ3) is 5.10. The molecule has 6 nitrogen and oxygen atoms in total. The van der Waals surface area contributed by atoms with Crippen LogP contribution in [0.1, 0.15) is 46.5 Å². The molecule has 3 rings (SSSR count). The maximum absolute atomic E-state index is 12.2. The Hall–Kier alpha value is -1.95. The Morgan fingerprint density at radius 3 is 2.36 bits per heavy atom. The Labute approximate surface area is 169 Å². The monoisotopic (exact) mass is 389 g/mol. The fourth-order valence-corrected chi connectivity index (χ4v) is 4.29. The molecule has 6 heteroatoms. The van der Waals surface area contributed by atoms with E-state index in [0.29, 0.717) is 11.3 Å². The van der Waals surface area contributed by atoms with Gasteiger partial charge in [-0.15, -0.1) is 0 Å². The number of hydrazine groups is 1. The van der Waals surface area contributed by atoms with Gasteiger partial charge in [-0.2, -0.15) is 0 Å². The molecule has 2 fully saturated rings. The van der Waals surface area contributed by atoms with E-state index in [2.05, 4.69) is 17.6 Å². The smallest absolute Gasteiger partial charge is 0.410 e. The van der Waals surface area contributed by atoms with Crippen LogP contribution in [0.25, 0.3) is 0 Å². The number of nitrogens with one attached hydrogen (secondary N) is 1. The van der Waals surface area contributed by atoms with Gasteiger partial charge in [-0.1, -0.05) is 0 Å². The first-order valence-corrected chi connectivity index (χ1v) is 10.3. The summed E-state index contributed by atoms with van der Waals surface area (Å²) < 4.78 is 11.5. The lowest BCUT2D eigenvalue weighted by Gasteiger charge is -2.52. The summed E-state index contributed by atoms with van der Waals surface area (Å²) in [5.41, 5.74) is 4.17. The SMILES string of the molecule is CNN(C)c1ccc(OCC2CC3(CCN(C(=O)OC(C)(C)C)CC3)C2)cc1. The molecule has 0 atom stereocenters. The Morgan fingerprint density at radius 1 is 1.21 bits per heavy atom. The second-order valence-electron chi connectivity index (χ2n) is 9.33.